The van der Waals surface area contributed by atoms with Crippen molar-refractivity contribution in [3.63, 3.8) is 0 Å². The highest BCUT2D eigenvalue weighted by molar-refractivity contribution is 5.92. The van der Waals surface area contributed by atoms with Crippen molar-refractivity contribution in [3.05, 3.63) is 23.8 Å². The predicted octanol–water partition coefficient (Wildman–Crippen LogP) is 1.87. The molecule has 2 aliphatic heterocycles. The zero-order chi connectivity index (χ0) is 21.4. The molecule has 1 aromatic rings. The van der Waals surface area contributed by atoms with Gasteiger partial charge in [-0.1, -0.05) is 0 Å². The quantitative estimate of drug-likeness (QED) is 0.760. The highest BCUT2D eigenvalue weighted by Crippen LogP contribution is 2.25. The number of nitrogens with one attached hydrogen (secondary N) is 1. The van der Waals surface area contributed by atoms with Crippen molar-refractivity contribution in [2.75, 3.05) is 44.2 Å². The number of aromatic nitrogens is 1. The predicted molar refractivity (Wildman–Crippen MR) is 98.2 cm³/mol. The summed E-state index contributed by atoms with van der Waals surface area (Å²) in [5, 5.41) is 1.05. The molecule has 2 saturated heterocycles. The summed E-state index contributed by atoms with van der Waals surface area (Å²) < 4.78 is 45.4. The van der Waals surface area contributed by atoms with Gasteiger partial charge < -0.3 is 14.5 Å². The fraction of sp³-hybridized carbons (Fsp3) is 0.611. The summed E-state index contributed by atoms with van der Waals surface area (Å²) in [6.45, 7) is 5.68. The Balaban J connectivity index is 1.56. The van der Waals surface area contributed by atoms with E-state index < -0.39 is 42.6 Å². The van der Waals surface area contributed by atoms with E-state index in [0.717, 1.165) is 5.01 Å². The summed E-state index contributed by atoms with van der Waals surface area (Å²) in [4.78, 5) is 31.1. The van der Waals surface area contributed by atoms with E-state index >= 15 is 0 Å². The van der Waals surface area contributed by atoms with Crippen molar-refractivity contribution < 1.29 is 27.5 Å². The van der Waals surface area contributed by atoms with Crippen molar-refractivity contribution >= 4 is 17.7 Å². The van der Waals surface area contributed by atoms with Crippen LogP contribution in [0, 0.1) is 5.95 Å². The lowest BCUT2D eigenvalue weighted by Gasteiger charge is -2.38. The summed E-state index contributed by atoms with van der Waals surface area (Å²) in [6, 6.07) is 2.76. The topological polar surface area (TPSA) is 78.0 Å². The average molecular weight is 415 g/mol. The third-order valence-corrected chi connectivity index (χ3v) is 4.44. The van der Waals surface area contributed by atoms with Gasteiger partial charge >= 0.3 is 6.09 Å². The van der Waals surface area contributed by atoms with Crippen LogP contribution in [0.2, 0.25) is 0 Å². The molecule has 0 radical (unpaired) electrons. The van der Waals surface area contributed by atoms with Gasteiger partial charge in [-0.25, -0.2) is 23.6 Å². The molecule has 3 heterocycles. The number of anilines is 1. The number of piperazine rings is 1. The first kappa shape index (κ1) is 21.2. The van der Waals surface area contributed by atoms with Gasteiger partial charge in [0.05, 0.1) is 18.8 Å². The Labute approximate surface area is 166 Å². The number of halogens is 3. The van der Waals surface area contributed by atoms with Gasteiger partial charge in [0.15, 0.2) is 0 Å². The second-order valence-electron chi connectivity index (χ2n) is 8.11. The number of alkyl halides is 2. The van der Waals surface area contributed by atoms with Gasteiger partial charge in [0, 0.05) is 26.2 Å². The Kier molecular flexibility index (Phi) is 5.61. The summed E-state index contributed by atoms with van der Waals surface area (Å²) in [7, 11) is 0. The van der Waals surface area contributed by atoms with Gasteiger partial charge in [0.1, 0.15) is 11.3 Å². The lowest BCUT2D eigenvalue weighted by molar-refractivity contribution is -0.144. The largest absolute Gasteiger partial charge is 0.444 e. The van der Waals surface area contributed by atoms with Crippen LogP contribution in [-0.2, 0) is 4.74 Å². The molecule has 1 N–H and O–H groups in total. The van der Waals surface area contributed by atoms with Crippen molar-refractivity contribution in [2.24, 2.45) is 0 Å². The molecular formula is C18H24F3N5O3. The maximum atomic E-state index is 14.5. The molecule has 8 nitrogen and oxygen atoms in total. The first-order valence-electron chi connectivity index (χ1n) is 9.27. The monoisotopic (exact) mass is 415 g/mol. The van der Waals surface area contributed by atoms with Crippen LogP contribution in [0.1, 0.15) is 31.3 Å². The second kappa shape index (κ2) is 7.69. The summed E-state index contributed by atoms with van der Waals surface area (Å²) in [5.41, 5.74) is 1.68. The number of hydrogen-bond donors (Lipinski definition) is 1. The number of ether oxygens (including phenoxy) is 1. The zero-order valence-electron chi connectivity index (χ0n) is 16.5. The van der Waals surface area contributed by atoms with Gasteiger partial charge in [0.25, 0.3) is 11.8 Å². The number of pyridine rings is 1. The van der Waals surface area contributed by atoms with Crippen LogP contribution in [0.5, 0.6) is 0 Å². The molecule has 2 amide bonds. The molecule has 2 fully saturated rings. The molecule has 0 spiro atoms. The molecular weight excluding hydrogens is 391 g/mol. The maximum Gasteiger partial charge on any atom is 0.410 e. The zero-order valence-corrected chi connectivity index (χ0v) is 16.5. The molecule has 0 saturated carbocycles. The van der Waals surface area contributed by atoms with Crippen LogP contribution in [0.3, 0.4) is 0 Å². The fourth-order valence-electron chi connectivity index (χ4n) is 3.04. The third-order valence-electron chi connectivity index (χ3n) is 4.44. The molecule has 2 aliphatic rings. The van der Waals surface area contributed by atoms with Crippen molar-refractivity contribution in [3.8, 4) is 0 Å². The number of carbonyl (C=O) groups is 2. The van der Waals surface area contributed by atoms with Crippen LogP contribution in [-0.4, -0.2) is 77.7 Å². The van der Waals surface area contributed by atoms with Crippen LogP contribution >= 0.6 is 0 Å². The summed E-state index contributed by atoms with van der Waals surface area (Å²) in [5.74, 6) is -4.41. The van der Waals surface area contributed by atoms with E-state index in [1.165, 1.54) is 12.1 Å². The van der Waals surface area contributed by atoms with Gasteiger partial charge in [-0.05, 0) is 32.9 Å². The highest BCUT2D eigenvalue weighted by Gasteiger charge is 2.44. The van der Waals surface area contributed by atoms with Crippen LogP contribution in [0.25, 0.3) is 0 Å². The number of nitrogens with zero attached hydrogens (tertiary/aromatic N) is 4. The van der Waals surface area contributed by atoms with Gasteiger partial charge in [0.2, 0.25) is 5.95 Å². The molecule has 3 rings (SSSR count). The number of carbonyl (C=O) groups excluding carboxylic acids is 2. The second-order valence-corrected chi connectivity index (χ2v) is 8.11. The SMILES string of the molecule is CC(C)(C)OC(=O)N1CCN(c2ccc(C(=O)NN3CC(F)(F)C3)nc2F)CC1. The van der Waals surface area contributed by atoms with Crippen LogP contribution < -0.4 is 10.3 Å². The number of hydrazine groups is 1. The number of hydrogen-bond acceptors (Lipinski definition) is 6. The average Bonchev–Trinajstić information content (AvgIpc) is 2.58. The smallest absolute Gasteiger partial charge is 0.410 e. The van der Waals surface area contributed by atoms with Crippen LogP contribution in [0.4, 0.5) is 23.7 Å². The van der Waals surface area contributed by atoms with E-state index in [0.29, 0.717) is 26.2 Å². The molecule has 0 unspecified atom stereocenters. The highest BCUT2D eigenvalue weighted by atomic mass is 19.3. The lowest BCUT2D eigenvalue weighted by atomic mass is 10.2. The van der Waals surface area contributed by atoms with Crippen molar-refractivity contribution in [2.45, 2.75) is 32.3 Å². The Morgan fingerprint density at radius 1 is 1.14 bits per heavy atom. The van der Waals surface area contributed by atoms with E-state index in [2.05, 4.69) is 10.4 Å². The van der Waals surface area contributed by atoms with Gasteiger partial charge in [-0.3, -0.25) is 10.2 Å². The van der Waals surface area contributed by atoms with Gasteiger partial charge in [-0.2, -0.15) is 4.39 Å². The van der Waals surface area contributed by atoms with Crippen molar-refractivity contribution in [1.29, 1.82) is 0 Å². The fourth-order valence-corrected chi connectivity index (χ4v) is 3.04. The summed E-state index contributed by atoms with van der Waals surface area (Å²) >= 11 is 0. The minimum atomic E-state index is -2.82. The Morgan fingerprint density at radius 2 is 1.76 bits per heavy atom. The number of amides is 2. The first-order chi connectivity index (χ1) is 13.4. The molecule has 0 aliphatic carbocycles. The molecule has 29 heavy (non-hydrogen) atoms. The minimum Gasteiger partial charge on any atom is -0.444 e. The Hall–Kier alpha value is -2.56. The maximum absolute atomic E-state index is 14.5. The Morgan fingerprint density at radius 3 is 2.28 bits per heavy atom. The van der Waals surface area contributed by atoms with E-state index in [1.807, 2.05) is 0 Å². The minimum absolute atomic E-state index is 0.200. The van der Waals surface area contributed by atoms with E-state index in [1.54, 1.807) is 30.6 Å². The summed E-state index contributed by atoms with van der Waals surface area (Å²) in [6.07, 6.45) is -0.417. The van der Waals surface area contributed by atoms with E-state index in [-0.39, 0.29) is 11.4 Å². The molecule has 160 valence electrons. The number of rotatable bonds is 3. The lowest BCUT2D eigenvalue weighted by Crippen LogP contribution is -2.62. The molecule has 11 heteroatoms. The Bertz CT molecular complexity index is 783. The first-order valence-corrected chi connectivity index (χ1v) is 9.27. The molecule has 0 atom stereocenters. The van der Waals surface area contributed by atoms with Gasteiger partial charge in [-0.15, -0.1) is 0 Å². The third kappa shape index (κ3) is 5.28. The molecule has 0 aromatic carbocycles. The van der Waals surface area contributed by atoms with Crippen LogP contribution in [0.15, 0.2) is 12.1 Å². The molecule has 1 aromatic heterocycles. The molecule has 0 bridgehead atoms. The van der Waals surface area contributed by atoms with E-state index in [9.17, 15) is 22.8 Å². The normalized spacial score (nSPS) is 19.5. The standard InChI is InChI=1S/C18H24F3N5O3/c1-17(2,3)29-16(28)25-8-6-24(7-9-25)13-5-4-12(22-14(13)19)15(27)23-26-10-18(20,21)11-26/h4-5H,6-11H2,1-3H3,(H,23,27). The van der Waals surface area contributed by atoms with E-state index in [4.69, 9.17) is 4.74 Å². The van der Waals surface area contributed by atoms with Crippen molar-refractivity contribution in [1.82, 2.24) is 20.3 Å².